The molecule has 0 amide bonds. The molecule has 5 nitrogen and oxygen atoms in total. The van der Waals surface area contributed by atoms with Crippen molar-refractivity contribution in [1.29, 1.82) is 0 Å². The van der Waals surface area contributed by atoms with Gasteiger partial charge in [0.1, 0.15) is 0 Å². The van der Waals surface area contributed by atoms with Gasteiger partial charge in [-0.15, -0.1) is 0 Å². The number of hydrogen-bond donors (Lipinski definition) is 4. The summed E-state index contributed by atoms with van der Waals surface area (Å²) in [5, 5.41) is 17.6. The van der Waals surface area contributed by atoms with E-state index in [1.54, 1.807) is 0 Å². The molecular weight excluding hydrogens is 477 g/mol. The summed E-state index contributed by atoms with van der Waals surface area (Å²) in [5.41, 5.74) is 0.294. The van der Waals surface area contributed by atoms with Gasteiger partial charge in [-0.2, -0.15) is 0 Å². The normalized spacial score (nSPS) is 48.2. The second-order valence-corrected chi connectivity index (χ2v) is 15.5. The Morgan fingerprint density at radius 2 is 0.923 bits per heavy atom. The van der Waals surface area contributed by atoms with Gasteiger partial charge in [0.05, 0.1) is 0 Å². The topological polar surface area (TPSA) is 51.4 Å². The van der Waals surface area contributed by atoms with Crippen LogP contribution in [0.5, 0.6) is 0 Å². The van der Waals surface area contributed by atoms with Crippen LogP contribution >= 0.6 is 0 Å². The molecule has 6 aliphatic heterocycles. The Balaban J connectivity index is 1.26. The van der Waals surface area contributed by atoms with E-state index < -0.39 is 0 Å². The third kappa shape index (κ3) is 4.19. The Hall–Kier alpha value is -0.135. The van der Waals surface area contributed by atoms with Crippen LogP contribution in [0.4, 0.5) is 0 Å². The zero-order valence-electron chi connectivity index (χ0n) is 24.9. The van der Waals surface area contributed by atoms with Gasteiger partial charge in [-0.1, -0.05) is 70.0 Å². The molecule has 8 atom stereocenters. The lowest BCUT2D eigenvalue weighted by Crippen LogP contribution is -2.88. The van der Waals surface area contributed by atoms with Crippen molar-refractivity contribution in [2.75, 3.05) is 26.2 Å². The lowest BCUT2D eigenvalue weighted by atomic mass is 9.18. The van der Waals surface area contributed by atoms with Crippen molar-refractivity contribution in [2.24, 2.45) is 5.41 Å². The van der Waals surface area contributed by atoms with Gasteiger partial charge >= 0.3 is 0 Å². The Morgan fingerprint density at radius 1 is 0.462 bits per heavy atom. The summed E-state index contributed by atoms with van der Waals surface area (Å²) < 4.78 is 0. The number of piperidine rings is 5. The molecule has 39 heavy (non-hydrogen) atoms. The van der Waals surface area contributed by atoms with Crippen LogP contribution in [0.15, 0.2) is 0 Å². The quantitative estimate of drug-likeness (QED) is 0.377. The largest absolute Gasteiger partial charge is 0.314 e. The van der Waals surface area contributed by atoms with E-state index in [-0.39, 0.29) is 0 Å². The van der Waals surface area contributed by atoms with E-state index in [4.69, 9.17) is 0 Å². The third-order valence-electron chi connectivity index (χ3n) is 14.0. The van der Waals surface area contributed by atoms with E-state index in [1.807, 2.05) is 0 Å². The molecule has 8 fully saturated rings. The maximum absolute atomic E-state index is 4.41. The van der Waals surface area contributed by atoms with E-state index in [9.17, 15) is 0 Å². The second kappa shape index (κ2) is 11.2. The van der Waals surface area contributed by atoms with Gasteiger partial charge in [-0.3, -0.25) is 4.90 Å². The van der Waals surface area contributed by atoms with Crippen LogP contribution in [-0.2, 0) is 0 Å². The molecule has 1 spiro atoms. The summed E-state index contributed by atoms with van der Waals surface area (Å²) in [4.78, 5) is 3.21. The van der Waals surface area contributed by atoms with Crippen molar-refractivity contribution in [1.82, 2.24) is 26.2 Å². The Bertz CT molecular complexity index is 722. The van der Waals surface area contributed by atoms with Crippen molar-refractivity contribution in [3.63, 3.8) is 0 Å². The first-order chi connectivity index (χ1) is 19.4. The lowest BCUT2D eigenvalue weighted by Gasteiger charge is -2.73. The Kier molecular flexibility index (Phi) is 7.59. The van der Waals surface area contributed by atoms with E-state index >= 15 is 0 Å². The van der Waals surface area contributed by atoms with Gasteiger partial charge in [0.2, 0.25) is 0 Å². The van der Waals surface area contributed by atoms with Gasteiger partial charge in [-0.05, 0) is 89.2 Å². The predicted molar refractivity (Wildman–Crippen MR) is 163 cm³/mol. The third-order valence-corrected chi connectivity index (χ3v) is 14.0. The van der Waals surface area contributed by atoms with E-state index in [0.717, 1.165) is 42.3 Å². The highest BCUT2D eigenvalue weighted by Crippen LogP contribution is 2.63. The van der Waals surface area contributed by atoms with Crippen molar-refractivity contribution < 1.29 is 0 Å². The Morgan fingerprint density at radius 3 is 1.46 bits per heavy atom. The SMILES string of the molecule is C1CCC(B2C3CCCNC3C3(C4NCCCC24)C2NCCCC2N(C2CCCCC2)C2CCCNC23)CC1. The van der Waals surface area contributed by atoms with Crippen molar-refractivity contribution in [2.45, 2.75) is 175 Å². The van der Waals surface area contributed by atoms with Crippen molar-refractivity contribution >= 4 is 6.71 Å². The van der Waals surface area contributed by atoms with E-state index in [2.05, 4.69) is 26.2 Å². The van der Waals surface area contributed by atoms with Gasteiger partial charge < -0.3 is 21.3 Å². The highest BCUT2D eigenvalue weighted by molar-refractivity contribution is 6.64. The minimum Gasteiger partial charge on any atom is -0.314 e. The van der Waals surface area contributed by atoms with Crippen LogP contribution in [0.2, 0.25) is 17.5 Å². The van der Waals surface area contributed by atoms with E-state index in [0.29, 0.717) is 29.6 Å². The average Bonchev–Trinajstić information content (AvgIpc) is 3.02. The molecule has 0 aromatic rings. The maximum atomic E-state index is 4.41. The molecule has 218 valence electrons. The van der Waals surface area contributed by atoms with Crippen LogP contribution in [0.25, 0.3) is 0 Å². The van der Waals surface area contributed by atoms with Crippen LogP contribution < -0.4 is 21.3 Å². The summed E-state index contributed by atoms with van der Waals surface area (Å²) >= 11 is 0. The minimum absolute atomic E-state index is 0.294. The summed E-state index contributed by atoms with van der Waals surface area (Å²) in [6.07, 6.45) is 26.2. The molecule has 0 aromatic heterocycles. The summed E-state index contributed by atoms with van der Waals surface area (Å²) in [6, 6.07) is 4.92. The summed E-state index contributed by atoms with van der Waals surface area (Å²) in [6.45, 7) is 5.92. The highest BCUT2D eigenvalue weighted by Gasteiger charge is 2.71. The number of nitrogens with zero attached hydrogens (tertiary/aromatic N) is 1. The number of rotatable bonds is 2. The minimum atomic E-state index is 0.294. The molecule has 8 aliphatic rings. The smallest absolute Gasteiger partial charge is 0.153 e. The Labute approximate surface area is 239 Å². The van der Waals surface area contributed by atoms with Crippen LogP contribution in [0.3, 0.4) is 0 Å². The molecule has 8 rings (SSSR count). The number of fused-ring (bicyclic) bond motifs is 8. The van der Waals surface area contributed by atoms with Gasteiger partial charge in [0, 0.05) is 47.7 Å². The molecule has 0 aromatic carbocycles. The predicted octanol–water partition coefficient (Wildman–Crippen LogP) is 4.95. The first-order valence-electron chi connectivity index (χ1n) is 18.1. The fraction of sp³-hybridized carbons (Fsp3) is 1.00. The second-order valence-electron chi connectivity index (χ2n) is 15.5. The molecule has 2 aliphatic carbocycles. The molecule has 0 bridgehead atoms. The van der Waals surface area contributed by atoms with Crippen LogP contribution in [-0.4, -0.2) is 80.1 Å². The average molecular weight is 536 g/mol. The molecule has 4 N–H and O–H groups in total. The molecule has 2 saturated carbocycles. The van der Waals surface area contributed by atoms with Crippen molar-refractivity contribution in [3.8, 4) is 0 Å². The number of nitrogens with one attached hydrogen (secondary N) is 4. The van der Waals surface area contributed by atoms with Crippen molar-refractivity contribution in [3.05, 3.63) is 0 Å². The molecular formula is C33H58BN5. The summed E-state index contributed by atoms with van der Waals surface area (Å²) in [7, 11) is 0. The maximum Gasteiger partial charge on any atom is 0.153 e. The summed E-state index contributed by atoms with van der Waals surface area (Å²) in [5.74, 6) is 2.76. The zero-order chi connectivity index (χ0) is 25.8. The van der Waals surface area contributed by atoms with Gasteiger partial charge in [0.25, 0.3) is 0 Å². The molecule has 8 unspecified atom stereocenters. The molecule has 6 heterocycles. The van der Waals surface area contributed by atoms with Crippen LogP contribution in [0.1, 0.15) is 116 Å². The van der Waals surface area contributed by atoms with E-state index in [1.165, 1.54) is 142 Å². The lowest BCUT2D eigenvalue weighted by molar-refractivity contribution is -0.146. The number of hydrogen-bond acceptors (Lipinski definition) is 5. The molecule has 6 saturated heterocycles. The van der Waals surface area contributed by atoms with Gasteiger partial charge in [-0.25, -0.2) is 0 Å². The standard InChI is InChI=1S/C33H58BN5/c1-3-11-23(12-4-1)34-25-15-7-19-35-29(25)33(30-26(34)16-8-20-36-30)31-27(17-9-21-37-31)39(24-13-5-2-6-14-24)28-18-10-22-38-32(28)33/h23-32,35-38H,1-22H2. The highest BCUT2D eigenvalue weighted by atomic mass is 15.3. The fourth-order valence-corrected chi connectivity index (χ4v) is 13.0. The monoisotopic (exact) mass is 535 g/mol. The zero-order valence-corrected chi connectivity index (χ0v) is 24.9. The fourth-order valence-electron chi connectivity index (χ4n) is 13.0. The molecule has 6 heteroatoms. The van der Waals surface area contributed by atoms with Crippen LogP contribution in [0, 0.1) is 5.41 Å². The molecule has 0 radical (unpaired) electrons. The first kappa shape index (κ1) is 26.5. The van der Waals surface area contributed by atoms with Gasteiger partial charge in [0.15, 0.2) is 6.71 Å². The number of likely N-dealkylation sites (tertiary alicyclic amines) is 1. The first-order valence-corrected chi connectivity index (χ1v) is 18.1.